The van der Waals surface area contributed by atoms with Crippen molar-refractivity contribution in [2.75, 3.05) is 11.1 Å². The molecule has 1 aromatic carbocycles. The molecule has 2 aromatic heterocycles. The second kappa shape index (κ2) is 6.63. The molecular formula is C15H15FN8S. The molecule has 3 aromatic rings. The van der Waals surface area contributed by atoms with Gasteiger partial charge in [0.2, 0.25) is 17.1 Å². The van der Waals surface area contributed by atoms with Gasteiger partial charge in [0.05, 0.1) is 5.75 Å². The highest BCUT2D eigenvalue weighted by Gasteiger charge is 2.27. The van der Waals surface area contributed by atoms with Crippen LogP contribution in [0.15, 0.2) is 29.4 Å². The van der Waals surface area contributed by atoms with Gasteiger partial charge >= 0.3 is 0 Å². The number of nitrogens with one attached hydrogen (secondary N) is 2. The molecule has 1 fully saturated rings. The number of halogens is 1. The molecule has 8 nitrogen and oxygen atoms in total. The van der Waals surface area contributed by atoms with Gasteiger partial charge in [-0.25, -0.2) is 9.37 Å². The van der Waals surface area contributed by atoms with E-state index in [1.807, 2.05) is 0 Å². The van der Waals surface area contributed by atoms with Crippen molar-refractivity contribution >= 4 is 29.3 Å². The van der Waals surface area contributed by atoms with E-state index < -0.39 is 0 Å². The average Bonchev–Trinajstić information content (AvgIpc) is 3.33. The van der Waals surface area contributed by atoms with Crippen molar-refractivity contribution in [2.24, 2.45) is 0 Å². The molecule has 4 N–H and O–H groups in total. The first-order valence-electron chi connectivity index (χ1n) is 7.74. The summed E-state index contributed by atoms with van der Waals surface area (Å²) in [4.78, 5) is 17.0. The molecule has 1 aliphatic carbocycles. The van der Waals surface area contributed by atoms with Crippen molar-refractivity contribution in [2.45, 2.75) is 29.7 Å². The lowest BCUT2D eigenvalue weighted by Gasteiger charge is -2.06. The molecule has 25 heavy (non-hydrogen) atoms. The molecule has 1 aliphatic rings. The number of aromatic amines is 1. The van der Waals surface area contributed by atoms with Crippen molar-refractivity contribution in [3.05, 3.63) is 41.7 Å². The summed E-state index contributed by atoms with van der Waals surface area (Å²) in [5.74, 6) is 2.56. The van der Waals surface area contributed by atoms with Gasteiger partial charge in [0.1, 0.15) is 17.5 Å². The zero-order valence-corrected chi connectivity index (χ0v) is 13.9. The quantitative estimate of drug-likeness (QED) is 0.576. The van der Waals surface area contributed by atoms with E-state index in [0.717, 1.165) is 5.82 Å². The number of nitrogen functional groups attached to an aromatic ring is 1. The van der Waals surface area contributed by atoms with E-state index in [2.05, 4.69) is 35.5 Å². The minimum atomic E-state index is -0.310. The summed E-state index contributed by atoms with van der Waals surface area (Å²) in [6, 6.07) is 5.89. The minimum Gasteiger partial charge on any atom is -0.368 e. The predicted octanol–water partition coefficient (Wildman–Crippen LogP) is 2.62. The molecule has 10 heteroatoms. The van der Waals surface area contributed by atoms with E-state index in [1.54, 1.807) is 12.1 Å². The van der Waals surface area contributed by atoms with Gasteiger partial charge in [-0.1, -0.05) is 11.8 Å². The molecule has 0 bridgehead atoms. The normalized spacial score (nSPS) is 13.8. The maximum Gasteiger partial charge on any atom is 0.232 e. The smallest absolute Gasteiger partial charge is 0.232 e. The summed E-state index contributed by atoms with van der Waals surface area (Å²) in [6.45, 7) is 0. The molecule has 0 radical (unpaired) electrons. The lowest BCUT2D eigenvalue weighted by Crippen LogP contribution is -2.06. The third kappa shape index (κ3) is 4.02. The summed E-state index contributed by atoms with van der Waals surface area (Å²) in [6.07, 6.45) is 2.34. The van der Waals surface area contributed by atoms with Crippen LogP contribution in [0.1, 0.15) is 30.4 Å². The Balaban J connectivity index is 1.43. The molecule has 0 amide bonds. The lowest BCUT2D eigenvalue weighted by molar-refractivity contribution is 0.628. The molecule has 0 spiro atoms. The summed E-state index contributed by atoms with van der Waals surface area (Å²) in [5, 5.41) is 10.8. The number of hydrogen-bond acceptors (Lipinski definition) is 8. The molecule has 0 atom stereocenters. The average molecular weight is 358 g/mol. The van der Waals surface area contributed by atoms with Gasteiger partial charge in [0, 0.05) is 11.6 Å². The van der Waals surface area contributed by atoms with Crippen LogP contribution in [0.5, 0.6) is 0 Å². The Morgan fingerprint density at radius 3 is 2.72 bits per heavy atom. The van der Waals surface area contributed by atoms with E-state index in [1.165, 1.54) is 36.7 Å². The lowest BCUT2D eigenvalue weighted by atomic mass is 10.3. The van der Waals surface area contributed by atoms with E-state index in [9.17, 15) is 4.39 Å². The Hall–Kier alpha value is -2.75. The minimum absolute atomic E-state index is 0.115. The van der Waals surface area contributed by atoms with Crippen molar-refractivity contribution in [1.82, 2.24) is 30.1 Å². The molecule has 128 valence electrons. The Morgan fingerprint density at radius 2 is 1.96 bits per heavy atom. The SMILES string of the molecule is Nc1nc(CSc2n[nH]c(C3CC3)n2)nc(Nc2ccc(F)cc2)n1. The second-order valence-corrected chi connectivity index (χ2v) is 6.57. The first-order chi connectivity index (χ1) is 12.2. The maximum atomic E-state index is 13.0. The van der Waals surface area contributed by atoms with Crippen LogP contribution in [-0.2, 0) is 5.75 Å². The van der Waals surface area contributed by atoms with E-state index >= 15 is 0 Å². The third-order valence-electron chi connectivity index (χ3n) is 3.58. The van der Waals surface area contributed by atoms with Gasteiger partial charge in [-0.3, -0.25) is 5.10 Å². The van der Waals surface area contributed by atoms with Gasteiger partial charge in [0.25, 0.3) is 0 Å². The molecule has 0 saturated heterocycles. The van der Waals surface area contributed by atoms with Crippen molar-refractivity contribution in [3.8, 4) is 0 Å². The maximum absolute atomic E-state index is 13.0. The highest BCUT2D eigenvalue weighted by Crippen LogP contribution is 2.38. The Morgan fingerprint density at radius 1 is 1.16 bits per heavy atom. The fourth-order valence-electron chi connectivity index (χ4n) is 2.21. The second-order valence-electron chi connectivity index (χ2n) is 5.63. The zero-order valence-electron chi connectivity index (χ0n) is 13.1. The first-order valence-corrected chi connectivity index (χ1v) is 8.72. The van der Waals surface area contributed by atoms with Gasteiger partial charge in [-0.2, -0.15) is 15.0 Å². The standard InChI is InChI=1S/C15H15FN8S/c16-9-3-5-10(6-4-9)18-14-20-11(19-13(17)22-14)7-25-15-21-12(23-24-15)8-1-2-8/h3-6,8H,1-2,7H2,(H,21,23,24)(H3,17,18,19,20,22). The fraction of sp³-hybridized carbons (Fsp3) is 0.267. The van der Waals surface area contributed by atoms with Crippen LogP contribution in [0.4, 0.5) is 22.0 Å². The van der Waals surface area contributed by atoms with Gasteiger partial charge in [0.15, 0.2) is 0 Å². The highest BCUT2D eigenvalue weighted by molar-refractivity contribution is 7.98. The topological polar surface area (TPSA) is 118 Å². The highest BCUT2D eigenvalue weighted by atomic mass is 32.2. The molecule has 4 rings (SSSR count). The Kier molecular flexibility index (Phi) is 4.18. The van der Waals surface area contributed by atoms with Crippen LogP contribution in [-0.4, -0.2) is 30.1 Å². The molecule has 0 aliphatic heterocycles. The Bertz CT molecular complexity index is 877. The number of anilines is 3. The molecular weight excluding hydrogens is 343 g/mol. The number of thioether (sulfide) groups is 1. The number of benzene rings is 1. The number of aromatic nitrogens is 6. The van der Waals surface area contributed by atoms with Gasteiger partial charge < -0.3 is 11.1 Å². The van der Waals surface area contributed by atoms with Crippen LogP contribution < -0.4 is 11.1 Å². The van der Waals surface area contributed by atoms with Crippen LogP contribution in [0.3, 0.4) is 0 Å². The molecule has 2 heterocycles. The molecule has 1 saturated carbocycles. The summed E-state index contributed by atoms with van der Waals surface area (Å²) in [7, 11) is 0. The van der Waals surface area contributed by atoms with Crippen LogP contribution in [0.2, 0.25) is 0 Å². The van der Waals surface area contributed by atoms with Crippen LogP contribution in [0, 0.1) is 5.82 Å². The number of H-pyrrole nitrogens is 1. The number of nitrogens with two attached hydrogens (primary N) is 1. The number of nitrogens with zero attached hydrogens (tertiary/aromatic N) is 5. The summed E-state index contributed by atoms with van der Waals surface area (Å²) >= 11 is 1.43. The third-order valence-corrected chi connectivity index (χ3v) is 4.42. The largest absolute Gasteiger partial charge is 0.368 e. The zero-order chi connectivity index (χ0) is 17.2. The van der Waals surface area contributed by atoms with E-state index in [-0.39, 0.29) is 11.8 Å². The van der Waals surface area contributed by atoms with E-state index in [0.29, 0.717) is 34.3 Å². The van der Waals surface area contributed by atoms with Crippen molar-refractivity contribution < 1.29 is 4.39 Å². The molecule has 0 unspecified atom stereocenters. The first kappa shape index (κ1) is 15.8. The number of hydrogen-bond donors (Lipinski definition) is 3. The van der Waals surface area contributed by atoms with Crippen LogP contribution in [0.25, 0.3) is 0 Å². The van der Waals surface area contributed by atoms with Crippen molar-refractivity contribution in [3.63, 3.8) is 0 Å². The van der Waals surface area contributed by atoms with Gasteiger partial charge in [-0.15, -0.1) is 5.10 Å². The van der Waals surface area contributed by atoms with Crippen molar-refractivity contribution in [1.29, 1.82) is 0 Å². The predicted molar refractivity (Wildman–Crippen MR) is 91.8 cm³/mol. The monoisotopic (exact) mass is 358 g/mol. The van der Waals surface area contributed by atoms with Gasteiger partial charge in [-0.05, 0) is 37.1 Å². The van der Waals surface area contributed by atoms with E-state index in [4.69, 9.17) is 5.73 Å². The fourth-order valence-corrected chi connectivity index (χ4v) is 2.87. The Labute approximate surface area is 146 Å². The summed E-state index contributed by atoms with van der Waals surface area (Å²) < 4.78 is 13.0. The summed E-state index contributed by atoms with van der Waals surface area (Å²) in [5.41, 5.74) is 6.41. The number of rotatable bonds is 6. The van der Waals surface area contributed by atoms with Crippen LogP contribution >= 0.6 is 11.8 Å².